The lowest BCUT2D eigenvalue weighted by atomic mass is 10.1. The molecule has 0 aliphatic carbocycles. The highest BCUT2D eigenvalue weighted by Gasteiger charge is 2.13. The third kappa shape index (κ3) is 2.17. The molecule has 4 heteroatoms. The fraction of sp³-hybridized carbons (Fsp3) is 0.357. The first-order valence-corrected chi connectivity index (χ1v) is 6.21. The molecule has 0 bridgehead atoms. The van der Waals surface area contributed by atoms with E-state index in [1.165, 1.54) is 11.1 Å². The zero-order valence-electron chi connectivity index (χ0n) is 10.2. The largest absolute Gasteiger partial charge is 0.441 e. The second kappa shape index (κ2) is 4.92. The second-order valence-electron chi connectivity index (χ2n) is 4.49. The van der Waals surface area contributed by atoms with E-state index in [2.05, 4.69) is 23.2 Å². The highest BCUT2D eigenvalue weighted by molar-refractivity contribution is 5.59. The van der Waals surface area contributed by atoms with Gasteiger partial charge >= 0.3 is 0 Å². The third-order valence-electron chi connectivity index (χ3n) is 3.15. The molecule has 0 radical (unpaired) electrons. The molecule has 0 amide bonds. The number of benzene rings is 1. The lowest BCUT2D eigenvalue weighted by Crippen LogP contribution is -2.00. The van der Waals surface area contributed by atoms with Gasteiger partial charge in [-0.2, -0.15) is 0 Å². The van der Waals surface area contributed by atoms with E-state index in [0.29, 0.717) is 19.8 Å². The molecule has 0 atom stereocenters. The van der Waals surface area contributed by atoms with Crippen molar-refractivity contribution in [2.45, 2.75) is 26.1 Å². The van der Waals surface area contributed by atoms with Crippen LogP contribution in [0, 0.1) is 0 Å². The van der Waals surface area contributed by atoms with Gasteiger partial charge in [0, 0.05) is 12.0 Å². The topological polar surface area (TPSA) is 61.3 Å². The van der Waals surface area contributed by atoms with Gasteiger partial charge in [-0.25, -0.2) is 4.98 Å². The number of oxazole rings is 1. The van der Waals surface area contributed by atoms with Crippen LogP contribution in [0.5, 0.6) is 0 Å². The molecule has 94 valence electrons. The van der Waals surface area contributed by atoms with Crippen molar-refractivity contribution >= 4 is 0 Å². The lowest BCUT2D eigenvalue weighted by Gasteiger charge is -2.00. The SMILES string of the molecule is NCCCc1ncc(-c2ccc3c(c2)COC3)o1. The summed E-state index contributed by atoms with van der Waals surface area (Å²) in [6.45, 7) is 2.07. The van der Waals surface area contributed by atoms with Gasteiger partial charge in [0.1, 0.15) is 0 Å². The highest BCUT2D eigenvalue weighted by Crippen LogP contribution is 2.27. The predicted molar refractivity (Wildman–Crippen MR) is 67.8 cm³/mol. The Morgan fingerprint density at radius 3 is 3.00 bits per heavy atom. The average molecular weight is 244 g/mol. The van der Waals surface area contributed by atoms with E-state index in [-0.39, 0.29) is 0 Å². The molecule has 1 aliphatic rings. The molecule has 1 aliphatic heterocycles. The van der Waals surface area contributed by atoms with Crippen molar-refractivity contribution in [1.82, 2.24) is 4.98 Å². The van der Waals surface area contributed by atoms with Crippen LogP contribution in [0.4, 0.5) is 0 Å². The number of aromatic nitrogens is 1. The first-order valence-electron chi connectivity index (χ1n) is 6.21. The zero-order valence-corrected chi connectivity index (χ0v) is 10.2. The average Bonchev–Trinajstić information content (AvgIpc) is 3.04. The van der Waals surface area contributed by atoms with Crippen molar-refractivity contribution in [3.8, 4) is 11.3 Å². The summed E-state index contributed by atoms with van der Waals surface area (Å²) in [6, 6.07) is 6.27. The van der Waals surface area contributed by atoms with Crippen LogP contribution in [0.2, 0.25) is 0 Å². The summed E-state index contributed by atoms with van der Waals surface area (Å²) in [6.07, 6.45) is 3.48. The lowest BCUT2D eigenvalue weighted by molar-refractivity contribution is 0.134. The van der Waals surface area contributed by atoms with Crippen molar-refractivity contribution in [2.24, 2.45) is 5.73 Å². The van der Waals surface area contributed by atoms with E-state index in [0.717, 1.165) is 30.1 Å². The number of nitrogens with zero attached hydrogens (tertiary/aromatic N) is 1. The van der Waals surface area contributed by atoms with Gasteiger partial charge in [0.05, 0.1) is 19.4 Å². The molecule has 1 aromatic carbocycles. The third-order valence-corrected chi connectivity index (χ3v) is 3.15. The van der Waals surface area contributed by atoms with Gasteiger partial charge in [0.25, 0.3) is 0 Å². The van der Waals surface area contributed by atoms with Crippen molar-refractivity contribution in [1.29, 1.82) is 0 Å². The number of hydrogen-bond donors (Lipinski definition) is 1. The molecule has 18 heavy (non-hydrogen) atoms. The van der Waals surface area contributed by atoms with Crippen molar-refractivity contribution < 1.29 is 9.15 Å². The maximum Gasteiger partial charge on any atom is 0.194 e. The summed E-state index contributed by atoms with van der Waals surface area (Å²) in [5.74, 6) is 1.57. The Kier molecular flexibility index (Phi) is 3.13. The highest BCUT2D eigenvalue weighted by atomic mass is 16.5. The number of aryl methyl sites for hydroxylation is 1. The van der Waals surface area contributed by atoms with Crippen LogP contribution >= 0.6 is 0 Å². The van der Waals surface area contributed by atoms with Crippen LogP contribution in [0.25, 0.3) is 11.3 Å². The van der Waals surface area contributed by atoms with Gasteiger partial charge in [-0.05, 0) is 30.2 Å². The summed E-state index contributed by atoms with van der Waals surface area (Å²) < 4.78 is 11.1. The fourth-order valence-corrected chi connectivity index (χ4v) is 2.14. The van der Waals surface area contributed by atoms with Gasteiger partial charge in [-0.3, -0.25) is 0 Å². The molecule has 0 spiro atoms. The Bertz CT molecular complexity index is 548. The minimum Gasteiger partial charge on any atom is -0.441 e. The van der Waals surface area contributed by atoms with Crippen LogP contribution < -0.4 is 5.73 Å². The number of hydrogen-bond acceptors (Lipinski definition) is 4. The van der Waals surface area contributed by atoms with Crippen molar-refractivity contribution in [2.75, 3.05) is 6.54 Å². The molecule has 4 nitrogen and oxygen atoms in total. The number of rotatable bonds is 4. The van der Waals surface area contributed by atoms with E-state index < -0.39 is 0 Å². The van der Waals surface area contributed by atoms with Crippen molar-refractivity contribution in [3.05, 3.63) is 41.4 Å². The molecule has 0 saturated heterocycles. The van der Waals surface area contributed by atoms with E-state index in [1.54, 1.807) is 6.20 Å². The Morgan fingerprint density at radius 1 is 1.22 bits per heavy atom. The monoisotopic (exact) mass is 244 g/mol. The molecule has 0 fully saturated rings. The van der Waals surface area contributed by atoms with E-state index in [4.69, 9.17) is 14.9 Å². The van der Waals surface area contributed by atoms with E-state index >= 15 is 0 Å². The first-order chi connectivity index (χ1) is 8.86. The van der Waals surface area contributed by atoms with E-state index in [9.17, 15) is 0 Å². The van der Waals surface area contributed by atoms with E-state index in [1.807, 2.05) is 0 Å². The standard InChI is InChI=1S/C14H16N2O2/c15-5-1-2-14-16-7-13(18-14)10-3-4-11-8-17-9-12(11)6-10/h3-4,6-7H,1-2,5,8-9,15H2. The van der Waals surface area contributed by atoms with Gasteiger partial charge < -0.3 is 14.9 Å². The van der Waals surface area contributed by atoms with Crippen LogP contribution in [-0.2, 0) is 24.4 Å². The summed E-state index contributed by atoms with van der Waals surface area (Å²) in [4.78, 5) is 4.27. The smallest absolute Gasteiger partial charge is 0.194 e. The van der Waals surface area contributed by atoms with Crippen LogP contribution in [-0.4, -0.2) is 11.5 Å². The Hall–Kier alpha value is -1.65. The predicted octanol–water partition coefficient (Wildman–Crippen LogP) is 2.26. The summed E-state index contributed by atoms with van der Waals surface area (Å²) in [7, 11) is 0. The number of nitrogens with two attached hydrogens (primary N) is 1. The normalized spacial score (nSPS) is 13.8. The van der Waals surface area contributed by atoms with Gasteiger partial charge in [0.15, 0.2) is 11.7 Å². The fourth-order valence-electron chi connectivity index (χ4n) is 2.14. The minimum atomic E-state index is 0.661. The maximum atomic E-state index is 5.72. The summed E-state index contributed by atoms with van der Waals surface area (Å²) in [5, 5.41) is 0. The van der Waals surface area contributed by atoms with Crippen LogP contribution in [0.15, 0.2) is 28.8 Å². The molecule has 2 N–H and O–H groups in total. The molecule has 2 aromatic rings. The molecular formula is C14H16N2O2. The zero-order chi connectivity index (χ0) is 12.4. The number of ether oxygens (including phenoxy) is 1. The molecule has 0 saturated carbocycles. The number of fused-ring (bicyclic) bond motifs is 1. The molecule has 2 heterocycles. The van der Waals surface area contributed by atoms with Crippen molar-refractivity contribution in [3.63, 3.8) is 0 Å². The van der Waals surface area contributed by atoms with Crippen LogP contribution in [0.1, 0.15) is 23.4 Å². The van der Waals surface area contributed by atoms with Gasteiger partial charge in [0.2, 0.25) is 0 Å². The minimum absolute atomic E-state index is 0.661. The Labute approximate surface area is 106 Å². The summed E-state index contributed by atoms with van der Waals surface area (Å²) in [5.41, 5.74) is 9.04. The van der Waals surface area contributed by atoms with Crippen LogP contribution in [0.3, 0.4) is 0 Å². The molecule has 3 rings (SSSR count). The molecule has 0 unspecified atom stereocenters. The Morgan fingerprint density at radius 2 is 2.11 bits per heavy atom. The Balaban J connectivity index is 1.83. The maximum absolute atomic E-state index is 5.72. The second-order valence-corrected chi connectivity index (χ2v) is 4.49. The first kappa shape index (κ1) is 11.4. The molecular weight excluding hydrogens is 228 g/mol. The van der Waals surface area contributed by atoms with Gasteiger partial charge in [-0.15, -0.1) is 0 Å². The summed E-state index contributed by atoms with van der Waals surface area (Å²) >= 11 is 0. The molecule has 1 aromatic heterocycles. The quantitative estimate of drug-likeness (QED) is 0.896. The van der Waals surface area contributed by atoms with Gasteiger partial charge in [-0.1, -0.05) is 12.1 Å².